The van der Waals surface area contributed by atoms with Crippen molar-refractivity contribution in [2.45, 2.75) is 45.7 Å². The zero-order valence-corrected chi connectivity index (χ0v) is 10.8. The highest BCUT2D eigenvalue weighted by molar-refractivity contribution is 6.05. The summed E-state index contributed by atoms with van der Waals surface area (Å²) in [6.07, 6.45) is 0.992. The monoisotopic (exact) mass is 239 g/mol. The second kappa shape index (κ2) is 4.50. The summed E-state index contributed by atoms with van der Waals surface area (Å²) in [5.41, 5.74) is -0.175. The third-order valence-corrected chi connectivity index (χ3v) is 3.57. The summed E-state index contributed by atoms with van der Waals surface area (Å²) in [6.45, 7) is 7.08. The molecule has 2 unspecified atom stereocenters. The van der Waals surface area contributed by atoms with Crippen LogP contribution < -0.4 is 5.32 Å². The minimum absolute atomic E-state index is 0.0708. The summed E-state index contributed by atoms with van der Waals surface area (Å²) in [4.78, 5) is 24.2. The van der Waals surface area contributed by atoms with Crippen molar-refractivity contribution in [2.24, 2.45) is 11.3 Å². The molecule has 1 saturated heterocycles. The predicted molar refractivity (Wildman–Crippen MR) is 63.7 cm³/mol. The number of ether oxygens (including phenoxy) is 1. The Bertz CT molecular complexity index is 318. The predicted octanol–water partition coefficient (Wildman–Crippen LogP) is 0.938. The van der Waals surface area contributed by atoms with Gasteiger partial charge in [-0.2, -0.15) is 0 Å². The number of hydrogen-bond acceptors (Lipinski definition) is 4. The first-order chi connectivity index (χ1) is 7.89. The van der Waals surface area contributed by atoms with Crippen molar-refractivity contribution in [1.29, 1.82) is 0 Å². The van der Waals surface area contributed by atoms with Gasteiger partial charge in [0.15, 0.2) is 0 Å². The van der Waals surface area contributed by atoms with Crippen LogP contribution in [0.5, 0.6) is 0 Å². The Kier molecular flexibility index (Phi) is 3.36. The van der Waals surface area contributed by atoms with Crippen molar-refractivity contribution < 1.29 is 14.3 Å². The van der Waals surface area contributed by atoms with Crippen molar-refractivity contribution in [3.05, 3.63) is 0 Å². The van der Waals surface area contributed by atoms with Crippen molar-refractivity contribution in [3.63, 3.8) is 0 Å². The molecular weight excluding hydrogens is 218 g/mol. The van der Waals surface area contributed by atoms with Crippen LogP contribution in [0.1, 0.15) is 33.6 Å². The van der Waals surface area contributed by atoms with E-state index in [0.717, 1.165) is 0 Å². The third kappa shape index (κ3) is 2.75. The number of morpholine rings is 1. The van der Waals surface area contributed by atoms with Crippen LogP contribution in [-0.2, 0) is 14.3 Å². The summed E-state index contributed by atoms with van der Waals surface area (Å²) < 4.78 is 5.43. The Balaban J connectivity index is 2.10. The maximum absolute atomic E-state index is 12.1. The Hall–Kier alpha value is -0.740. The van der Waals surface area contributed by atoms with Crippen LogP contribution in [0, 0.1) is 11.3 Å². The van der Waals surface area contributed by atoms with Crippen LogP contribution in [0.2, 0.25) is 0 Å². The fourth-order valence-electron chi connectivity index (χ4n) is 2.88. The molecule has 0 bridgehead atoms. The number of hydrogen-bond donors (Lipinski definition) is 1. The summed E-state index contributed by atoms with van der Waals surface area (Å²) in [7, 11) is 0. The van der Waals surface area contributed by atoms with E-state index in [1.807, 2.05) is 20.8 Å². The standard InChI is InChI=1S/C13H21NO3/c1-8-6-17-7-9(14-8)12-10(15)4-13(2,3)5-11(12)16/h8-9,12,14H,4-7H2,1-3H3. The first-order valence-corrected chi connectivity index (χ1v) is 6.28. The molecule has 17 heavy (non-hydrogen) atoms. The Morgan fingerprint density at radius 3 is 2.29 bits per heavy atom. The van der Waals surface area contributed by atoms with E-state index in [1.54, 1.807) is 0 Å². The zero-order chi connectivity index (χ0) is 12.6. The van der Waals surface area contributed by atoms with E-state index in [9.17, 15) is 9.59 Å². The molecule has 1 saturated carbocycles. The molecule has 0 amide bonds. The Labute approximate surface area is 102 Å². The van der Waals surface area contributed by atoms with Gasteiger partial charge in [0.05, 0.1) is 19.1 Å². The molecule has 4 heteroatoms. The van der Waals surface area contributed by atoms with Gasteiger partial charge in [-0.1, -0.05) is 13.8 Å². The maximum atomic E-state index is 12.1. The molecule has 1 aliphatic carbocycles. The number of carbonyl (C=O) groups excluding carboxylic acids is 2. The van der Waals surface area contributed by atoms with E-state index >= 15 is 0 Å². The molecule has 96 valence electrons. The minimum atomic E-state index is -0.495. The van der Waals surface area contributed by atoms with Gasteiger partial charge in [0, 0.05) is 24.9 Å². The molecule has 2 fully saturated rings. The van der Waals surface area contributed by atoms with Gasteiger partial charge in [-0.25, -0.2) is 0 Å². The molecular formula is C13H21NO3. The van der Waals surface area contributed by atoms with Gasteiger partial charge >= 0.3 is 0 Å². The van der Waals surface area contributed by atoms with Gasteiger partial charge < -0.3 is 10.1 Å². The lowest BCUT2D eigenvalue weighted by Gasteiger charge is -2.38. The topological polar surface area (TPSA) is 55.4 Å². The van der Waals surface area contributed by atoms with Crippen LogP contribution in [0.3, 0.4) is 0 Å². The van der Waals surface area contributed by atoms with Gasteiger partial charge in [-0.3, -0.25) is 9.59 Å². The molecule has 0 spiro atoms. The molecule has 0 radical (unpaired) electrons. The molecule has 2 atom stereocenters. The first kappa shape index (κ1) is 12.7. The van der Waals surface area contributed by atoms with Gasteiger partial charge in [0.1, 0.15) is 11.6 Å². The van der Waals surface area contributed by atoms with Crippen LogP contribution in [0.4, 0.5) is 0 Å². The second-order valence-corrected chi connectivity index (χ2v) is 6.14. The van der Waals surface area contributed by atoms with E-state index in [4.69, 9.17) is 4.74 Å². The Morgan fingerprint density at radius 2 is 1.76 bits per heavy atom. The molecule has 2 rings (SSSR count). The molecule has 0 aromatic rings. The van der Waals surface area contributed by atoms with E-state index in [0.29, 0.717) is 26.1 Å². The van der Waals surface area contributed by atoms with Gasteiger partial charge in [0.25, 0.3) is 0 Å². The van der Waals surface area contributed by atoms with Gasteiger partial charge in [-0.15, -0.1) is 0 Å². The lowest BCUT2D eigenvalue weighted by Crippen LogP contribution is -2.56. The largest absolute Gasteiger partial charge is 0.378 e. The summed E-state index contributed by atoms with van der Waals surface area (Å²) in [5, 5.41) is 3.31. The average Bonchev–Trinajstić information content (AvgIpc) is 2.13. The van der Waals surface area contributed by atoms with E-state index in [-0.39, 0.29) is 29.1 Å². The summed E-state index contributed by atoms with van der Waals surface area (Å²) in [6, 6.07) is 0.0825. The number of carbonyl (C=O) groups is 2. The molecule has 4 nitrogen and oxygen atoms in total. The van der Waals surface area contributed by atoms with E-state index in [1.165, 1.54) is 0 Å². The Morgan fingerprint density at radius 1 is 1.18 bits per heavy atom. The lowest BCUT2D eigenvalue weighted by atomic mass is 9.69. The third-order valence-electron chi connectivity index (χ3n) is 3.57. The van der Waals surface area contributed by atoms with E-state index < -0.39 is 5.92 Å². The van der Waals surface area contributed by atoms with Crippen LogP contribution in [0.15, 0.2) is 0 Å². The molecule has 1 N–H and O–H groups in total. The van der Waals surface area contributed by atoms with E-state index in [2.05, 4.69) is 5.32 Å². The molecule has 1 aliphatic heterocycles. The molecule has 2 aliphatic rings. The fraction of sp³-hybridized carbons (Fsp3) is 0.846. The molecule has 0 aromatic carbocycles. The van der Waals surface area contributed by atoms with Crippen molar-refractivity contribution in [3.8, 4) is 0 Å². The van der Waals surface area contributed by atoms with Crippen molar-refractivity contribution in [1.82, 2.24) is 5.32 Å². The van der Waals surface area contributed by atoms with Crippen molar-refractivity contribution in [2.75, 3.05) is 13.2 Å². The number of ketones is 2. The fourth-order valence-corrected chi connectivity index (χ4v) is 2.88. The highest BCUT2D eigenvalue weighted by Gasteiger charge is 2.44. The molecule has 1 heterocycles. The van der Waals surface area contributed by atoms with Gasteiger partial charge in [-0.05, 0) is 12.3 Å². The minimum Gasteiger partial charge on any atom is -0.378 e. The smallest absolute Gasteiger partial charge is 0.145 e. The second-order valence-electron chi connectivity index (χ2n) is 6.14. The van der Waals surface area contributed by atoms with Crippen molar-refractivity contribution >= 4 is 11.6 Å². The normalized spacial score (nSPS) is 35.0. The van der Waals surface area contributed by atoms with Crippen LogP contribution in [-0.4, -0.2) is 36.9 Å². The van der Waals surface area contributed by atoms with Crippen LogP contribution >= 0.6 is 0 Å². The quantitative estimate of drug-likeness (QED) is 0.692. The highest BCUT2D eigenvalue weighted by atomic mass is 16.5. The number of Topliss-reactive ketones (excluding diaryl/α,β-unsaturated/α-hetero) is 2. The lowest BCUT2D eigenvalue weighted by molar-refractivity contribution is -0.142. The van der Waals surface area contributed by atoms with Gasteiger partial charge in [0.2, 0.25) is 0 Å². The number of nitrogens with one attached hydrogen (secondary N) is 1. The number of rotatable bonds is 1. The summed E-state index contributed by atoms with van der Waals surface area (Å²) in [5.74, 6) is -0.353. The molecule has 0 aromatic heterocycles. The maximum Gasteiger partial charge on any atom is 0.145 e. The highest BCUT2D eigenvalue weighted by Crippen LogP contribution is 2.35. The van der Waals surface area contributed by atoms with Crippen LogP contribution in [0.25, 0.3) is 0 Å². The SMILES string of the molecule is CC1COCC(C2C(=O)CC(C)(C)CC2=O)N1. The zero-order valence-electron chi connectivity index (χ0n) is 10.8. The average molecular weight is 239 g/mol. The summed E-state index contributed by atoms with van der Waals surface area (Å²) >= 11 is 0. The first-order valence-electron chi connectivity index (χ1n) is 6.28.